The van der Waals surface area contributed by atoms with Crippen LogP contribution in [0, 0.1) is 0 Å². The summed E-state index contributed by atoms with van der Waals surface area (Å²) in [7, 11) is 0.380. The molecule has 0 aromatic rings. The van der Waals surface area contributed by atoms with Gasteiger partial charge in [0, 0.05) is 26.1 Å². The fraction of sp³-hybridized carbons (Fsp3) is 1.00. The normalized spacial score (nSPS) is 18.9. The third-order valence-electron chi connectivity index (χ3n) is 3.18. The lowest BCUT2D eigenvalue weighted by molar-refractivity contribution is -0.241. The Kier molecular flexibility index (Phi) is 16.7. The van der Waals surface area contributed by atoms with Gasteiger partial charge in [0.1, 0.15) is 0 Å². The highest BCUT2D eigenvalue weighted by Crippen LogP contribution is 2.30. The van der Waals surface area contributed by atoms with Gasteiger partial charge in [-0.15, -0.1) is 20.3 Å². The molecular weight excluding hydrogens is 291 g/mol. The lowest BCUT2D eigenvalue weighted by atomic mass is 10.0. The summed E-state index contributed by atoms with van der Waals surface area (Å²) >= 11 is 0. The predicted molar refractivity (Wildman–Crippen MR) is 94.9 cm³/mol. The van der Waals surface area contributed by atoms with E-state index in [2.05, 4.69) is 33.8 Å². The molecule has 0 N–H and O–H groups in total. The van der Waals surface area contributed by atoms with E-state index in [9.17, 15) is 0 Å². The van der Waals surface area contributed by atoms with Crippen molar-refractivity contribution in [3.8, 4) is 0 Å². The lowest BCUT2D eigenvalue weighted by Gasteiger charge is -2.33. The van der Waals surface area contributed by atoms with Crippen molar-refractivity contribution in [1.82, 2.24) is 0 Å². The van der Waals surface area contributed by atoms with Crippen LogP contribution in [0.1, 0.15) is 65.2 Å². The molecule has 0 bridgehead atoms. The van der Waals surface area contributed by atoms with E-state index in [1.165, 1.54) is 38.5 Å². The molecule has 0 heterocycles. The van der Waals surface area contributed by atoms with Gasteiger partial charge in [0.15, 0.2) is 5.79 Å². The van der Waals surface area contributed by atoms with Crippen molar-refractivity contribution in [2.45, 2.75) is 71.0 Å². The SMILES string of the molecule is CCOC1(OCC)CCCCCCCC1.CP(C)C.Cl. The average molecular weight is 327 g/mol. The summed E-state index contributed by atoms with van der Waals surface area (Å²) in [6.07, 6.45) is 10.1. The summed E-state index contributed by atoms with van der Waals surface area (Å²) in [5.41, 5.74) is 0. The molecule has 124 valence electrons. The molecule has 0 radical (unpaired) electrons. The second-order valence-electron chi connectivity index (χ2n) is 5.74. The van der Waals surface area contributed by atoms with Crippen molar-refractivity contribution in [2.24, 2.45) is 0 Å². The number of halogens is 1. The van der Waals surface area contributed by atoms with E-state index in [-0.39, 0.29) is 18.2 Å². The second kappa shape index (κ2) is 14.6. The minimum absolute atomic E-state index is 0. The topological polar surface area (TPSA) is 18.5 Å². The van der Waals surface area contributed by atoms with Gasteiger partial charge in [-0.05, 0) is 46.7 Å². The van der Waals surface area contributed by atoms with Crippen molar-refractivity contribution in [1.29, 1.82) is 0 Å². The molecule has 20 heavy (non-hydrogen) atoms. The monoisotopic (exact) mass is 326 g/mol. The molecule has 0 aliphatic heterocycles. The molecule has 0 aromatic heterocycles. The number of hydrogen-bond acceptors (Lipinski definition) is 2. The summed E-state index contributed by atoms with van der Waals surface area (Å²) in [6, 6.07) is 0. The third kappa shape index (κ3) is 12.4. The van der Waals surface area contributed by atoms with E-state index in [1.54, 1.807) is 0 Å². The minimum atomic E-state index is -0.256. The molecule has 1 aliphatic carbocycles. The van der Waals surface area contributed by atoms with Crippen LogP contribution in [0.5, 0.6) is 0 Å². The molecule has 4 heteroatoms. The summed E-state index contributed by atoms with van der Waals surface area (Å²) in [5.74, 6) is -0.256. The zero-order valence-electron chi connectivity index (χ0n) is 14.2. The van der Waals surface area contributed by atoms with Gasteiger partial charge in [-0.3, -0.25) is 0 Å². The molecular formula is C16H36ClO2P. The number of ether oxygens (including phenoxy) is 2. The van der Waals surface area contributed by atoms with Crippen molar-refractivity contribution < 1.29 is 9.47 Å². The van der Waals surface area contributed by atoms with E-state index < -0.39 is 0 Å². The Labute approximate surface area is 134 Å². The van der Waals surface area contributed by atoms with Gasteiger partial charge in [0.25, 0.3) is 0 Å². The molecule has 1 saturated carbocycles. The molecule has 1 aliphatic rings. The van der Waals surface area contributed by atoms with Crippen molar-refractivity contribution in [2.75, 3.05) is 33.2 Å². The highest BCUT2D eigenvalue weighted by molar-refractivity contribution is 7.55. The van der Waals surface area contributed by atoms with Gasteiger partial charge in [-0.1, -0.05) is 25.7 Å². The molecule has 2 nitrogen and oxygen atoms in total. The maximum atomic E-state index is 5.88. The van der Waals surface area contributed by atoms with Crippen LogP contribution >= 0.6 is 20.3 Å². The number of hydrogen-bond donors (Lipinski definition) is 0. The van der Waals surface area contributed by atoms with Crippen molar-refractivity contribution in [3.05, 3.63) is 0 Å². The first-order valence-corrected chi connectivity index (χ1v) is 10.6. The lowest BCUT2D eigenvalue weighted by Crippen LogP contribution is -2.36. The summed E-state index contributed by atoms with van der Waals surface area (Å²) in [4.78, 5) is 0. The Hall–Kier alpha value is 0.640. The highest BCUT2D eigenvalue weighted by Gasteiger charge is 2.30. The Morgan fingerprint density at radius 3 is 1.35 bits per heavy atom. The van der Waals surface area contributed by atoms with Gasteiger partial charge in [0.2, 0.25) is 0 Å². The van der Waals surface area contributed by atoms with Crippen LogP contribution in [-0.4, -0.2) is 39.0 Å². The van der Waals surface area contributed by atoms with E-state index in [0.717, 1.165) is 26.1 Å². The van der Waals surface area contributed by atoms with Gasteiger partial charge in [-0.25, -0.2) is 0 Å². The molecule has 0 aromatic carbocycles. The Morgan fingerprint density at radius 2 is 1.05 bits per heavy atom. The predicted octanol–water partition coefficient (Wildman–Crippen LogP) is 5.67. The van der Waals surface area contributed by atoms with Gasteiger partial charge in [0.05, 0.1) is 0 Å². The minimum Gasteiger partial charge on any atom is -0.350 e. The van der Waals surface area contributed by atoms with Crippen LogP contribution in [0.25, 0.3) is 0 Å². The van der Waals surface area contributed by atoms with E-state index in [0.29, 0.717) is 7.92 Å². The number of rotatable bonds is 4. The third-order valence-corrected chi connectivity index (χ3v) is 3.18. The molecule has 0 saturated heterocycles. The molecule has 1 rings (SSSR count). The second-order valence-corrected chi connectivity index (χ2v) is 8.42. The first-order valence-electron chi connectivity index (χ1n) is 7.95. The van der Waals surface area contributed by atoms with Crippen LogP contribution in [0.4, 0.5) is 0 Å². The van der Waals surface area contributed by atoms with Gasteiger partial charge in [-0.2, -0.15) is 0 Å². The van der Waals surface area contributed by atoms with Gasteiger partial charge < -0.3 is 9.47 Å². The maximum absolute atomic E-state index is 5.88. The largest absolute Gasteiger partial charge is 0.350 e. The van der Waals surface area contributed by atoms with Crippen LogP contribution in [0.3, 0.4) is 0 Å². The Morgan fingerprint density at radius 1 is 0.750 bits per heavy atom. The van der Waals surface area contributed by atoms with Crippen molar-refractivity contribution in [3.63, 3.8) is 0 Å². The van der Waals surface area contributed by atoms with E-state index in [4.69, 9.17) is 9.47 Å². The summed E-state index contributed by atoms with van der Waals surface area (Å²) in [5, 5.41) is 0. The molecule has 1 fully saturated rings. The summed E-state index contributed by atoms with van der Waals surface area (Å²) in [6.45, 7) is 12.3. The van der Waals surface area contributed by atoms with Crippen LogP contribution in [0.15, 0.2) is 0 Å². The van der Waals surface area contributed by atoms with E-state index >= 15 is 0 Å². The fourth-order valence-corrected chi connectivity index (χ4v) is 2.48. The standard InChI is InChI=1S/C13H26O2.C3H9P.ClH/c1-3-14-13(15-4-2)11-9-7-5-6-8-10-12-13;1-4(2)3;/h3-12H2,1-2H3;1-3H3;1H. The first-order chi connectivity index (χ1) is 9.06. The van der Waals surface area contributed by atoms with Crippen LogP contribution in [-0.2, 0) is 9.47 Å². The van der Waals surface area contributed by atoms with Crippen LogP contribution < -0.4 is 0 Å². The smallest absolute Gasteiger partial charge is 0.168 e. The molecule has 0 spiro atoms. The first kappa shape index (κ1) is 22.9. The van der Waals surface area contributed by atoms with Gasteiger partial charge >= 0.3 is 0 Å². The fourth-order valence-electron chi connectivity index (χ4n) is 2.48. The zero-order valence-corrected chi connectivity index (χ0v) is 16.0. The Balaban J connectivity index is 0. The molecule has 0 unspecified atom stereocenters. The Bertz CT molecular complexity index is 180. The molecule has 0 atom stereocenters. The quantitative estimate of drug-likeness (QED) is 0.489. The maximum Gasteiger partial charge on any atom is 0.168 e. The average Bonchev–Trinajstić information content (AvgIpc) is 2.42. The van der Waals surface area contributed by atoms with Crippen LogP contribution in [0.2, 0.25) is 0 Å². The highest BCUT2D eigenvalue weighted by atomic mass is 35.5. The van der Waals surface area contributed by atoms with Crippen molar-refractivity contribution >= 4 is 20.3 Å². The summed E-state index contributed by atoms with van der Waals surface area (Å²) < 4.78 is 11.8. The zero-order chi connectivity index (χ0) is 14.6. The van der Waals surface area contributed by atoms with E-state index in [1.807, 2.05) is 0 Å². The molecule has 0 amide bonds.